The Labute approximate surface area is 90.5 Å². The molecule has 0 saturated heterocycles. The maximum Gasteiger partial charge on any atom is 0.148 e. The lowest BCUT2D eigenvalue weighted by Crippen LogP contribution is -2.15. The molecule has 0 aromatic carbocycles. The molecular formula is C10H19N5. The van der Waals surface area contributed by atoms with Gasteiger partial charge in [-0.3, -0.25) is 0 Å². The molecule has 0 spiro atoms. The van der Waals surface area contributed by atoms with Crippen molar-refractivity contribution in [3.05, 3.63) is 11.9 Å². The summed E-state index contributed by atoms with van der Waals surface area (Å²) < 4.78 is 0. The summed E-state index contributed by atoms with van der Waals surface area (Å²) in [6, 6.07) is 0. The van der Waals surface area contributed by atoms with Crippen molar-refractivity contribution in [1.82, 2.24) is 9.97 Å². The van der Waals surface area contributed by atoms with E-state index in [1.165, 1.54) is 6.33 Å². The minimum atomic E-state index is 0.330. The lowest BCUT2D eigenvalue weighted by Gasteiger charge is -2.15. The number of hydrogen-bond donors (Lipinski definition) is 3. The Hall–Kier alpha value is -1.36. The van der Waals surface area contributed by atoms with Gasteiger partial charge in [-0.25, -0.2) is 15.8 Å². The first kappa shape index (κ1) is 11.7. The van der Waals surface area contributed by atoms with Crippen LogP contribution < -0.4 is 16.6 Å². The Bertz CT molecular complexity index is 311. The Morgan fingerprint density at radius 2 is 2.00 bits per heavy atom. The highest BCUT2D eigenvalue weighted by Crippen LogP contribution is 2.27. The van der Waals surface area contributed by atoms with Gasteiger partial charge in [-0.2, -0.15) is 0 Å². The Balaban J connectivity index is 3.02. The van der Waals surface area contributed by atoms with Crippen LogP contribution in [-0.2, 0) is 0 Å². The maximum atomic E-state index is 5.42. The third-order valence-electron chi connectivity index (χ3n) is 2.14. The molecule has 0 radical (unpaired) electrons. The van der Waals surface area contributed by atoms with Gasteiger partial charge in [0.25, 0.3) is 0 Å². The monoisotopic (exact) mass is 209 g/mol. The molecule has 0 saturated carbocycles. The van der Waals surface area contributed by atoms with E-state index in [9.17, 15) is 0 Å². The zero-order chi connectivity index (χ0) is 11.3. The molecular weight excluding hydrogens is 190 g/mol. The number of nitrogen functional groups attached to an aromatic ring is 1. The quantitative estimate of drug-likeness (QED) is 0.508. The number of aromatic nitrogens is 2. The van der Waals surface area contributed by atoms with E-state index in [2.05, 4.69) is 41.5 Å². The standard InChI is InChI=1S/C10H19N5/c1-4-5-12-9-8(7(2)3)10(15-11)14-6-13-9/h6-7H,4-5,11H2,1-3H3,(H2,12,13,14,15). The molecule has 1 heterocycles. The van der Waals surface area contributed by atoms with Crippen molar-refractivity contribution in [3.63, 3.8) is 0 Å². The average Bonchev–Trinajstić information content (AvgIpc) is 2.25. The van der Waals surface area contributed by atoms with E-state index in [1.54, 1.807) is 0 Å². The zero-order valence-electron chi connectivity index (χ0n) is 9.54. The molecule has 5 nitrogen and oxygen atoms in total. The first-order valence-electron chi connectivity index (χ1n) is 5.26. The van der Waals surface area contributed by atoms with Crippen LogP contribution in [0.3, 0.4) is 0 Å². The van der Waals surface area contributed by atoms with Crippen LogP contribution in [0.15, 0.2) is 6.33 Å². The molecule has 1 aromatic heterocycles. The van der Waals surface area contributed by atoms with Crippen molar-refractivity contribution >= 4 is 11.6 Å². The Morgan fingerprint density at radius 3 is 2.53 bits per heavy atom. The van der Waals surface area contributed by atoms with Gasteiger partial charge >= 0.3 is 0 Å². The fraction of sp³-hybridized carbons (Fsp3) is 0.600. The first-order valence-corrected chi connectivity index (χ1v) is 5.26. The van der Waals surface area contributed by atoms with Crippen molar-refractivity contribution in [2.45, 2.75) is 33.1 Å². The summed E-state index contributed by atoms with van der Waals surface area (Å²) >= 11 is 0. The summed E-state index contributed by atoms with van der Waals surface area (Å²) in [5, 5.41) is 3.27. The Morgan fingerprint density at radius 1 is 1.33 bits per heavy atom. The van der Waals surface area contributed by atoms with Crippen molar-refractivity contribution in [1.29, 1.82) is 0 Å². The van der Waals surface area contributed by atoms with Gasteiger partial charge in [0.2, 0.25) is 0 Å². The average molecular weight is 209 g/mol. The maximum absolute atomic E-state index is 5.42. The van der Waals surface area contributed by atoms with Crippen LogP contribution in [0.5, 0.6) is 0 Å². The van der Waals surface area contributed by atoms with Crippen molar-refractivity contribution in [3.8, 4) is 0 Å². The van der Waals surface area contributed by atoms with Crippen LogP contribution in [0.25, 0.3) is 0 Å². The van der Waals surface area contributed by atoms with Crippen LogP contribution in [-0.4, -0.2) is 16.5 Å². The van der Waals surface area contributed by atoms with Crippen molar-refractivity contribution in [2.24, 2.45) is 5.84 Å². The summed E-state index contributed by atoms with van der Waals surface area (Å²) in [5.41, 5.74) is 3.64. The van der Waals surface area contributed by atoms with E-state index in [0.717, 1.165) is 24.3 Å². The van der Waals surface area contributed by atoms with E-state index in [1.807, 2.05) is 0 Å². The molecule has 0 aliphatic heterocycles. The first-order chi connectivity index (χ1) is 7.20. The SMILES string of the molecule is CCCNc1ncnc(NN)c1C(C)C. The molecule has 0 bridgehead atoms. The van der Waals surface area contributed by atoms with Gasteiger partial charge in [-0.15, -0.1) is 0 Å². The van der Waals surface area contributed by atoms with Gasteiger partial charge in [0, 0.05) is 12.1 Å². The predicted octanol–water partition coefficient (Wildman–Crippen LogP) is 1.71. The molecule has 0 unspecified atom stereocenters. The normalized spacial score (nSPS) is 10.5. The van der Waals surface area contributed by atoms with E-state index in [4.69, 9.17) is 5.84 Å². The van der Waals surface area contributed by atoms with Crippen molar-refractivity contribution < 1.29 is 0 Å². The van der Waals surface area contributed by atoms with Gasteiger partial charge in [-0.05, 0) is 12.3 Å². The smallest absolute Gasteiger partial charge is 0.148 e. The highest BCUT2D eigenvalue weighted by Gasteiger charge is 2.13. The minimum absolute atomic E-state index is 0.330. The lowest BCUT2D eigenvalue weighted by atomic mass is 10.0. The number of anilines is 2. The second kappa shape index (κ2) is 5.50. The molecule has 0 amide bonds. The van der Waals surface area contributed by atoms with Crippen LogP contribution in [0, 0.1) is 0 Å². The van der Waals surface area contributed by atoms with Crippen LogP contribution in [0.1, 0.15) is 38.7 Å². The highest BCUT2D eigenvalue weighted by atomic mass is 15.3. The van der Waals surface area contributed by atoms with Crippen molar-refractivity contribution in [2.75, 3.05) is 17.3 Å². The summed E-state index contributed by atoms with van der Waals surface area (Å²) in [6.45, 7) is 7.21. The fourth-order valence-corrected chi connectivity index (χ4v) is 1.44. The Kier molecular flexibility index (Phi) is 4.30. The molecule has 0 atom stereocenters. The van der Waals surface area contributed by atoms with Crippen LogP contribution >= 0.6 is 0 Å². The predicted molar refractivity (Wildman–Crippen MR) is 62.7 cm³/mol. The molecule has 4 N–H and O–H groups in total. The van der Waals surface area contributed by atoms with Gasteiger partial charge < -0.3 is 10.7 Å². The van der Waals surface area contributed by atoms with Gasteiger partial charge in [0.05, 0.1) is 0 Å². The summed E-state index contributed by atoms with van der Waals surface area (Å²) in [5.74, 6) is 7.31. The fourth-order valence-electron chi connectivity index (χ4n) is 1.44. The van der Waals surface area contributed by atoms with Gasteiger partial charge in [0.15, 0.2) is 0 Å². The number of hydrazine groups is 1. The molecule has 1 aromatic rings. The zero-order valence-corrected chi connectivity index (χ0v) is 9.54. The summed E-state index contributed by atoms with van der Waals surface area (Å²) in [6.07, 6.45) is 2.58. The molecule has 0 aliphatic carbocycles. The van der Waals surface area contributed by atoms with E-state index in [-0.39, 0.29) is 0 Å². The number of rotatable bonds is 5. The third-order valence-corrected chi connectivity index (χ3v) is 2.14. The molecule has 15 heavy (non-hydrogen) atoms. The summed E-state index contributed by atoms with van der Waals surface area (Å²) in [4.78, 5) is 8.33. The third kappa shape index (κ3) is 2.79. The lowest BCUT2D eigenvalue weighted by molar-refractivity contribution is 0.841. The minimum Gasteiger partial charge on any atom is -0.370 e. The highest BCUT2D eigenvalue weighted by molar-refractivity contribution is 5.58. The second-order valence-corrected chi connectivity index (χ2v) is 3.71. The number of nitrogens with zero attached hydrogens (tertiary/aromatic N) is 2. The van der Waals surface area contributed by atoms with E-state index >= 15 is 0 Å². The topological polar surface area (TPSA) is 75.9 Å². The van der Waals surface area contributed by atoms with E-state index < -0.39 is 0 Å². The number of nitrogens with one attached hydrogen (secondary N) is 2. The van der Waals surface area contributed by atoms with Crippen LogP contribution in [0.2, 0.25) is 0 Å². The largest absolute Gasteiger partial charge is 0.370 e. The molecule has 0 aliphatic rings. The van der Waals surface area contributed by atoms with Gasteiger partial charge in [-0.1, -0.05) is 20.8 Å². The van der Waals surface area contributed by atoms with Crippen LogP contribution in [0.4, 0.5) is 11.6 Å². The molecule has 1 rings (SSSR count). The second-order valence-electron chi connectivity index (χ2n) is 3.71. The number of nitrogens with two attached hydrogens (primary N) is 1. The molecule has 0 fully saturated rings. The number of hydrogen-bond acceptors (Lipinski definition) is 5. The van der Waals surface area contributed by atoms with Gasteiger partial charge in [0.1, 0.15) is 18.0 Å². The summed E-state index contributed by atoms with van der Waals surface area (Å²) in [7, 11) is 0. The molecule has 5 heteroatoms. The van der Waals surface area contributed by atoms with E-state index in [0.29, 0.717) is 11.7 Å². The molecule has 84 valence electrons.